The second-order valence-electron chi connectivity index (χ2n) is 7.68. The zero-order valence-corrected chi connectivity index (χ0v) is 21.8. The van der Waals surface area contributed by atoms with E-state index in [9.17, 15) is 4.57 Å². The fourth-order valence-corrected chi connectivity index (χ4v) is 5.02. The number of hydrogen-bond acceptors (Lipinski definition) is 4. The molecule has 4 nitrogen and oxygen atoms in total. The molecule has 0 unspecified atom stereocenters. The molecule has 0 saturated carbocycles. The first kappa shape index (κ1) is 24.8. The van der Waals surface area contributed by atoms with Crippen molar-refractivity contribution in [2.45, 2.75) is 41.5 Å². The van der Waals surface area contributed by atoms with E-state index in [0.29, 0.717) is 31.8 Å². The summed E-state index contributed by atoms with van der Waals surface area (Å²) in [7, 11) is -4.25. The molecule has 0 spiro atoms. The maximum Gasteiger partial charge on any atom is 0.647 e. The standard InChI is InChI=1S/C24H24Cl3O4P/c1-13-7-10-19(16(4)22(13)25)29-32(28,30-20-11-8-14(2)23(26)17(20)5)31-21-12-9-15(3)24(27)18(21)6/h7-12H,1-6H3. The van der Waals surface area contributed by atoms with Gasteiger partial charge in [0.15, 0.2) is 0 Å². The number of phosphoric ester groups is 1. The van der Waals surface area contributed by atoms with Crippen LogP contribution in [0.1, 0.15) is 33.4 Å². The first-order valence-electron chi connectivity index (χ1n) is 9.89. The predicted molar refractivity (Wildman–Crippen MR) is 132 cm³/mol. The molecule has 3 aromatic carbocycles. The SMILES string of the molecule is Cc1ccc(OP(=O)(Oc2ccc(C)c(Cl)c2C)Oc2ccc(C)c(Cl)c2C)c(C)c1Cl. The highest BCUT2D eigenvalue weighted by molar-refractivity contribution is 7.49. The summed E-state index contributed by atoms with van der Waals surface area (Å²) in [5.41, 5.74) is 4.48. The maximum atomic E-state index is 14.0. The van der Waals surface area contributed by atoms with Crippen LogP contribution in [0.15, 0.2) is 36.4 Å². The monoisotopic (exact) mass is 512 g/mol. The van der Waals surface area contributed by atoms with E-state index >= 15 is 0 Å². The molecule has 0 aliphatic heterocycles. The molecule has 0 heterocycles. The van der Waals surface area contributed by atoms with Gasteiger partial charge in [0.05, 0.1) is 15.1 Å². The van der Waals surface area contributed by atoms with E-state index in [1.54, 1.807) is 57.2 Å². The molecule has 0 radical (unpaired) electrons. The van der Waals surface area contributed by atoms with Gasteiger partial charge in [-0.3, -0.25) is 0 Å². The smallest absolute Gasteiger partial charge is 0.386 e. The van der Waals surface area contributed by atoms with Crippen molar-refractivity contribution in [3.05, 3.63) is 84.8 Å². The Morgan fingerprint density at radius 1 is 0.531 bits per heavy atom. The number of rotatable bonds is 6. The van der Waals surface area contributed by atoms with Crippen molar-refractivity contribution in [1.29, 1.82) is 0 Å². The highest BCUT2D eigenvalue weighted by Crippen LogP contribution is 2.53. The molecule has 0 aromatic heterocycles. The topological polar surface area (TPSA) is 44.8 Å². The molecule has 170 valence electrons. The van der Waals surface area contributed by atoms with E-state index < -0.39 is 7.82 Å². The maximum absolute atomic E-state index is 14.0. The summed E-state index contributed by atoms with van der Waals surface area (Å²) in [4.78, 5) is 0. The molecule has 8 heteroatoms. The highest BCUT2D eigenvalue weighted by atomic mass is 35.5. The van der Waals surface area contributed by atoms with Crippen molar-refractivity contribution in [3.8, 4) is 17.2 Å². The van der Waals surface area contributed by atoms with E-state index in [0.717, 1.165) is 16.7 Å². The van der Waals surface area contributed by atoms with Crippen LogP contribution in [0.4, 0.5) is 0 Å². The lowest BCUT2D eigenvalue weighted by atomic mass is 10.1. The van der Waals surface area contributed by atoms with Gasteiger partial charge in [0, 0.05) is 16.7 Å². The number of benzene rings is 3. The molecule has 32 heavy (non-hydrogen) atoms. The Bertz CT molecular complexity index is 1090. The fourth-order valence-electron chi connectivity index (χ4n) is 3.12. The third kappa shape index (κ3) is 5.05. The van der Waals surface area contributed by atoms with Crippen LogP contribution in [-0.4, -0.2) is 0 Å². The van der Waals surface area contributed by atoms with Crippen LogP contribution in [0.5, 0.6) is 17.2 Å². The van der Waals surface area contributed by atoms with Crippen LogP contribution in [0.3, 0.4) is 0 Å². The summed E-state index contributed by atoms with van der Waals surface area (Å²) in [6.45, 7) is 11.0. The lowest BCUT2D eigenvalue weighted by Crippen LogP contribution is -2.10. The molecule has 0 fully saturated rings. The molecule has 3 rings (SSSR count). The van der Waals surface area contributed by atoms with Crippen molar-refractivity contribution in [2.24, 2.45) is 0 Å². The van der Waals surface area contributed by atoms with Gasteiger partial charge in [-0.25, -0.2) is 0 Å². The zero-order valence-electron chi connectivity index (χ0n) is 18.7. The normalized spacial score (nSPS) is 11.4. The van der Waals surface area contributed by atoms with Crippen LogP contribution in [-0.2, 0) is 4.57 Å². The van der Waals surface area contributed by atoms with E-state index in [-0.39, 0.29) is 17.2 Å². The second-order valence-corrected chi connectivity index (χ2v) is 10.3. The minimum absolute atomic E-state index is 0.288. The molecule has 0 aliphatic rings. The Hall–Kier alpha value is -1.84. The van der Waals surface area contributed by atoms with E-state index in [4.69, 9.17) is 48.4 Å². The number of halogens is 3. The minimum atomic E-state index is -4.25. The van der Waals surface area contributed by atoms with Gasteiger partial charge < -0.3 is 13.6 Å². The van der Waals surface area contributed by atoms with E-state index in [1.807, 2.05) is 20.8 Å². The summed E-state index contributed by atoms with van der Waals surface area (Å²) in [5.74, 6) is 0.863. The minimum Gasteiger partial charge on any atom is -0.386 e. The second kappa shape index (κ2) is 9.57. The van der Waals surface area contributed by atoms with Crippen LogP contribution in [0, 0.1) is 41.5 Å². The van der Waals surface area contributed by atoms with Crippen molar-refractivity contribution in [2.75, 3.05) is 0 Å². The Morgan fingerprint density at radius 3 is 1.03 bits per heavy atom. The number of aryl methyl sites for hydroxylation is 3. The summed E-state index contributed by atoms with van der Waals surface area (Å²) in [5, 5.41) is 1.54. The Labute approximate surface area is 204 Å². The Kier molecular flexibility index (Phi) is 7.41. The third-order valence-corrected chi connectivity index (χ3v) is 8.23. The Balaban J connectivity index is 2.09. The van der Waals surface area contributed by atoms with Gasteiger partial charge in [-0.15, -0.1) is 0 Å². The van der Waals surface area contributed by atoms with Crippen molar-refractivity contribution in [3.63, 3.8) is 0 Å². The van der Waals surface area contributed by atoms with Crippen LogP contribution in [0.2, 0.25) is 15.1 Å². The van der Waals surface area contributed by atoms with Gasteiger partial charge in [0.25, 0.3) is 0 Å². The summed E-state index contributed by atoms with van der Waals surface area (Å²) in [6.07, 6.45) is 0. The molecular weight excluding hydrogens is 490 g/mol. The van der Waals surface area contributed by atoms with Gasteiger partial charge in [-0.05, 0) is 76.4 Å². The third-order valence-electron chi connectivity index (χ3n) is 5.22. The van der Waals surface area contributed by atoms with Gasteiger partial charge >= 0.3 is 7.82 Å². The van der Waals surface area contributed by atoms with Gasteiger partial charge in [0.1, 0.15) is 17.2 Å². The largest absolute Gasteiger partial charge is 0.647 e. The molecule has 0 saturated heterocycles. The summed E-state index contributed by atoms with van der Waals surface area (Å²) >= 11 is 19.1. The van der Waals surface area contributed by atoms with Crippen LogP contribution >= 0.6 is 42.6 Å². The molecule has 0 amide bonds. The lowest BCUT2D eigenvalue weighted by molar-refractivity contribution is 0.296. The van der Waals surface area contributed by atoms with Crippen molar-refractivity contribution < 1.29 is 18.1 Å². The van der Waals surface area contributed by atoms with Gasteiger partial charge in [0.2, 0.25) is 0 Å². The molecule has 0 N–H and O–H groups in total. The zero-order chi connectivity index (χ0) is 23.8. The first-order chi connectivity index (χ1) is 14.9. The van der Waals surface area contributed by atoms with E-state index in [1.165, 1.54) is 0 Å². The molecule has 3 aromatic rings. The van der Waals surface area contributed by atoms with Gasteiger partial charge in [-0.2, -0.15) is 4.57 Å². The number of hydrogen-bond donors (Lipinski definition) is 0. The summed E-state index contributed by atoms with van der Waals surface area (Å²) in [6, 6.07) is 10.4. The first-order valence-corrected chi connectivity index (χ1v) is 12.5. The van der Waals surface area contributed by atoms with Gasteiger partial charge in [-0.1, -0.05) is 53.0 Å². The quantitative estimate of drug-likeness (QED) is 0.308. The molecule has 0 bridgehead atoms. The van der Waals surface area contributed by atoms with Crippen molar-refractivity contribution >= 4 is 42.6 Å². The van der Waals surface area contributed by atoms with E-state index in [2.05, 4.69) is 0 Å². The summed E-state index contributed by atoms with van der Waals surface area (Å²) < 4.78 is 31.6. The van der Waals surface area contributed by atoms with Crippen LogP contribution in [0.25, 0.3) is 0 Å². The fraction of sp³-hybridized carbons (Fsp3) is 0.250. The average Bonchev–Trinajstić information content (AvgIpc) is 2.75. The lowest BCUT2D eigenvalue weighted by Gasteiger charge is -2.23. The number of phosphoric acid groups is 1. The average molecular weight is 514 g/mol. The predicted octanol–water partition coefficient (Wildman–Crippen LogP) is 9.14. The van der Waals surface area contributed by atoms with Crippen LogP contribution < -0.4 is 13.6 Å². The van der Waals surface area contributed by atoms with Crippen molar-refractivity contribution in [1.82, 2.24) is 0 Å². The molecule has 0 aliphatic carbocycles. The Morgan fingerprint density at radius 2 is 0.781 bits per heavy atom. The molecule has 0 atom stereocenters. The molecular formula is C24H24Cl3O4P. The highest BCUT2D eigenvalue weighted by Gasteiger charge is 2.35.